The second kappa shape index (κ2) is 6.00. The molecule has 0 spiro atoms. The first-order valence-corrected chi connectivity index (χ1v) is 4.71. The van der Waals surface area contributed by atoms with Gasteiger partial charge in [-0.05, 0) is 26.2 Å². The zero-order valence-electron chi connectivity index (χ0n) is 8.25. The molecule has 3 N–H and O–H groups in total. The molecular formula is C9H20N2O. The van der Waals surface area contributed by atoms with Gasteiger partial charge in [0.1, 0.15) is 11.9 Å². The van der Waals surface area contributed by atoms with Crippen molar-refractivity contribution in [2.24, 2.45) is 10.7 Å². The van der Waals surface area contributed by atoms with Gasteiger partial charge in [-0.3, -0.25) is 4.99 Å². The molecule has 2 unspecified atom stereocenters. The molecule has 0 fully saturated rings. The van der Waals surface area contributed by atoms with Gasteiger partial charge in [-0.2, -0.15) is 0 Å². The maximum absolute atomic E-state index is 9.22. The lowest BCUT2D eigenvalue weighted by atomic mass is 10.1. The number of rotatable bonds is 0. The normalized spacial score (nSPS) is 29.5. The van der Waals surface area contributed by atoms with Crippen LogP contribution in [0.1, 0.15) is 40.0 Å². The highest BCUT2D eigenvalue weighted by Gasteiger charge is 2.14. The number of nitrogens with zero attached hydrogens (tertiary/aromatic N) is 1. The van der Waals surface area contributed by atoms with Gasteiger partial charge < -0.3 is 10.8 Å². The first-order chi connectivity index (χ1) is 5.70. The Kier molecular flexibility index (Phi) is 5.72. The molecule has 1 aliphatic rings. The molecule has 1 rings (SSSR count). The summed E-state index contributed by atoms with van der Waals surface area (Å²) in [5.41, 5.74) is 5.47. The molecule has 0 saturated carbocycles. The number of aliphatic imine (C=N–C) groups is 1. The summed E-state index contributed by atoms with van der Waals surface area (Å²) in [7, 11) is 0. The van der Waals surface area contributed by atoms with Gasteiger partial charge in [-0.1, -0.05) is 13.8 Å². The van der Waals surface area contributed by atoms with Crippen LogP contribution in [-0.2, 0) is 0 Å². The van der Waals surface area contributed by atoms with E-state index in [0.717, 1.165) is 19.3 Å². The van der Waals surface area contributed by atoms with E-state index in [1.807, 2.05) is 20.8 Å². The van der Waals surface area contributed by atoms with Gasteiger partial charge in [0.25, 0.3) is 0 Å². The highest BCUT2D eigenvalue weighted by atomic mass is 16.3. The monoisotopic (exact) mass is 172 g/mol. The van der Waals surface area contributed by atoms with Crippen LogP contribution in [0, 0.1) is 0 Å². The second-order valence-corrected chi connectivity index (χ2v) is 2.85. The molecule has 0 aromatic rings. The third-order valence-corrected chi connectivity index (χ3v) is 1.81. The van der Waals surface area contributed by atoms with Crippen LogP contribution in [0.25, 0.3) is 0 Å². The van der Waals surface area contributed by atoms with Crippen molar-refractivity contribution in [3.05, 3.63) is 0 Å². The van der Waals surface area contributed by atoms with E-state index in [-0.39, 0.29) is 6.04 Å². The van der Waals surface area contributed by atoms with Crippen molar-refractivity contribution in [1.82, 2.24) is 0 Å². The fourth-order valence-electron chi connectivity index (χ4n) is 1.16. The zero-order valence-corrected chi connectivity index (χ0v) is 8.25. The fourth-order valence-corrected chi connectivity index (χ4v) is 1.16. The van der Waals surface area contributed by atoms with E-state index in [4.69, 9.17) is 5.73 Å². The number of hydrogen-bond acceptors (Lipinski definition) is 3. The molecule has 1 aliphatic heterocycles. The molecule has 0 bridgehead atoms. The number of amidine groups is 1. The molecule has 0 aromatic heterocycles. The average molecular weight is 172 g/mol. The van der Waals surface area contributed by atoms with Crippen molar-refractivity contribution < 1.29 is 5.11 Å². The van der Waals surface area contributed by atoms with E-state index < -0.39 is 6.10 Å². The van der Waals surface area contributed by atoms with Crippen LogP contribution in [0.2, 0.25) is 0 Å². The van der Waals surface area contributed by atoms with E-state index >= 15 is 0 Å². The van der Waals surface area contributed by atoms with Crippen LogP contribution >= 0.6 is 0 Å². The maximum atomic E-state index is 9.22. The third-order valence-electron chi connectivity index (χ3n) is 1.81. The molecule has 1 heterocycles. The van der Waals surface area contributed by atoms with Gasteiger partial charge in [-0.25, -0.2) is 0 Å². The molecule has 0 aliphatic carbocycles. The third kappa shape index (κ3) is 3.72. The predicted molar refractivity (Wildman–Crippen MR) is 52.3 cm³/mol. The lowest BCUT2D eigenvalue weighted by Gasteiger charge is -2.04. The molecule has 2 atom stereocenters. The summed E-state index contributed by atoms with van der Waals surface area (Å²) in [4.78, 5) is 4.10. The Bertz CT molecular complexity index is 145. The van der Waals surface area contributed by atoms with Gasteiger partial charge in [0, 0.05) is 6.04 Å². The largest absolute Gasteiger partial charge is 0.385 e. The minimum absolute atomic E-state index is 0.289. The average Bonchev–Trinajstić information content (AvgIpc) is 2.19. The van der Waals surface area contributed by atoms with Crippen LogP contribution in [0.5, 0.6) is 0 Å². The molecule has 0 radical (unpaired) electrons. The quantitative estimate of drug-likeness (QED) is 0.578. The molecule has 72 valence electrons. The van der Waals surface area contributed by atoms with Crippen LogP contribution < -0.4 is 5.73 Å². The Labute approximate surface area is 74.7 Å². The summed E-state index contributed by atoms with van der Waals surface area (Å²) in [6, 6.07) is 0.289. The van der Waals surface area contributed by atoms with E-state index in [9.17, 15) is 5.11 Å². The minimum Gasteiger partial charge on any atom is -0.385 e. The summed E-state index contributed by atoms with van der Waals surface area (Å²) >= 11 is 0. The van der Waals surface area contributed by atoms with Crippen molar-refractivity contribution in [2.75, 3.05) is 0 Å². The summed E-state index contributed by atoms with van der Waals surface area (Å²) < 4.78 is 0. The van der Waals surface area contributed by atoms with Crippen molar-refractivity contribution in [3.8, 4) is 0 Å². The van der Waals surface area contributed by atoms with Gasteiger partial charge in [0.2, 0.25) is 0 Å². The Morgan fingerprint density at radius 2 is 2.00 bits per heavy atom. The number of hydrogen-bond donors (Lipinski definition) is 2. The molecule has 3 nitrogen and oxygen atoms in total. The van der Waals surface area contributed by atoms with Crippen LogP contribution in [0.4, 0.5) is 0 Å². The highest BCUT2D eigenvalue weighted by Crippen LogP contribution is 2.11. The number of aliphatic hydroxyl groups is 1. The molecule has 0 aromatic carbocycles. The van der Waals surface area contributed by atoms with E-state index in [2.05, 4.69) is 4.99 Å². The Morgan fingerprint density at radius 1 is 1.42 bits per heavy atom. The Balaban J connectivity index is 0.000000561. The van der Waals surface area contributed by atoms with Crippen LogP contribution in [-0.4, -0.2) is 23.1 Å². The van der Waals surface area contributed by atoms with E-state index in [1.165, 1.54) is 0 Å². The van der Waals surface area contributed by atoms with Crippen LogP contribution in [0.3, 0.4) is 0 Å². The van der Waals surface area contributed by atoms with Crippen molar-refractivity contribution >= 4 is 5.84 Å². The second-order valence-electron chi connectivity index (χ2n) is 2.85. The first-order valence-electron chi connectivity index (χ1n) is 4.71. The first kappa shape index (κ1) is 11.4. The standard InChI is InChI=1S/C7H14N2O.C2H6/c1-5-3-2-4-6(10)7(8)9-5;1-2/h5-6,10H,2-4H2,1H3,(H2,8,9);1-2H3. The van der Waals surface area contributed by atoms with Gasteiger partial charge in [0.15, 0.2) is 0 Å². The van der Waals surface area contributed by atoms with Gasteiger partial charge in [-0.15, -0.1) is 0 Å². The zero-order chi connectivity index (χ0) is 9.56. The summed E-state index contributed by atoms with van der Waals surface area (Å²) in [5, 5.41) is 9.22. The smallest absolute Gasteiger partial charge is 0.123 e. The Hall–Kier alpha value is -0.570. The Morgan fingerprint density at radius 3 is 2.58 bits per heavy atom. The van der Waals surface area contributed by atoms with Crippen molar-refractivity contribution in [1.29, 1.82) is 0 Å². The topological polar surface area (TPSA) is 58.6 Å². The highest BCUT2D eigenvalue weighted by molar-refractivity contribution is 5.84. The minimum atomic E-state index is -0.495. The number of nitrogens with two attached hydrogens (primary N) is 1. The number of aliphatic hydroxyl groups excluding tert-OH is 1. The molecule has 12 heavy (non-hydrogen) atoms. The SMILES string of the molecule is CC.CC1CCCC(O)C(N)=N1. The summed E-state index contributed by atoms with van der Waals surface area (Å²) in [5.74, 6) is 0.407. The summed E-state index contributed by atoms with van der Waals surface area (Å²) in [6.07, 6.45) is 2.33. The van der Waals surface area contributed by atoms with Crippen molar-refractivity contribution in [2.45, 2.75) is 52.2 Å². The van der Waals surface area contributed by atoms with E-state index in [1.54, 1.807) is 0 Å². The summed E-state index contributed by atoms with van der Waals surface area (Å²) in [6.45, 7) is 6.02. The molecule has 3 heteroatoms. The van der Waals surface area contributed by atoms with E-state index in [0.29, 0.717) is 5.84 Å². The lowest BCUT2D eigenvalue weighted by molar-refractivity contribution is 0.228. The van der Waals surface area contributed by atoms with Crippen molar-refractivity contribution in [3.63, 3.8) is 0 Å². The predicted octanol–water partition coefficient (Wildman–Crippen LogP) is 1.30. The van der Waals surface area contributed by atoms with Gasteiger partial charge >= 0.3 is 0 Å². The molecular weight excluding hydrogens is 152 g/mol. The van der Waals surface area contributed by atoms with Gasteiger partial charge in [0.05, 0.1) is 0 Å². The lowest BCUT2D eigenvalue weighted by Crippen LogP contribution is -2.28. The molecule has 0 saturated heterocycles. The van der Waals surface area contributed by atoms with Crippen LogP contribution in [0.15, 0.2) is 4.99 Å². The molecule has 0 amide bonds. The maximum Gasteiger partial charge on any atom is 0.123 e. The fraction of sp³-hybridized carbons (Fsp3) is 0.889.